The van der Waals surface area contributed by atoms with Gasteiger partial charge in [0, 0.05) is 27.9 Å². The molecule has 8 heteroatoms. The quantitative estimate of drug-likeness (QED) is 0.621. The molecule has 0 atom stereocenters. The summed E-state index contributed by atoms with van der Waals surface area (Å²) in [5, 5.41) is 10.5. The molecule has 0 aliphatic rings. The van der Waals surface area contributed by atoms with E-state index in [1.165, 1.54) is 0 Å². The normalized spacial score (nSPS) is 10.9. The Morgan fingerprint density at radius 1 is 1.35 bits per heavy atom. The number of hydrogen-bond acceptors (Lipinski definition) is 6. The van der Waals surface area contributed by atoms with Crippen molar-refractivity contribution in [1.82, 2.24) is 9.88 Å². The van der Waals surface area contributed by atoms with Crippen molar-refractivity contribution in [2.75, 3.05) is 26.0 Å². The van der Waals surface area contributed by atoms with Crippen LogP contribution in [0.5, 0.6) is 5.75 Å². The Morgan fingerprint density at radius 2 is 2.19 bits per heavy atom. The Bertz CT molecular complexity index is 880. The predicted octanol–water partition coefficient (Wildman–Crippen LogP) is 4.60. The second-order valence-corrected chi connectivity index (χ2v) is 7.80. The molecular formula is C18H18ClN3O2S2. The molecule has 0 unspecified atom stereocenters. The van der Waals surface area contributed by atoms with Crippen molar-refractivity contribution < 1.29 is 9.53 Å². The first-order chi connectivity index (χ1) is 12.5. The lowest BCUT2D eigenvalue weighted by molar-refractivity contribution is -0.117. The number of hydrogen-bond donors (Lipinski definition) is 1. The number of likely N-dealkylation sites (N-methyl/N-ethyl adjacent to an activating group) is 1. The summed E-state index contributed by atoms with van der Waals surface area (Å²) in [6, 6.07) is 7.17. The third-order valence-electron chi connectivity index (χ3n) is 3.60. The summed E-state index contributed by atoms with van der Waals surface area (Å²) in [6.07, 6.45) is 0. The number of benzene rings is 1. The third-order valence-corrected chi connectivity index (χ3v) is 5.46. The minimum atomic E-state index is -0.138. The fraction of sp³-hybridized carbons (Fsp3) is 0.222. The number of anilines is 1. The van der Waals surface area contributed by atoms with Gasteiger partial charge in [0.25, 0.3) is 0 Å². The Hall–Kier alpha value is -1.93. The zero-order valence-corrected chi connectivity index (χ0v) is 16.7. The number of ether oxygens (including phenoxy) is 1. The number of carbonyl (C=O) groups excluding carboxylic acids is 1. The molecule has 3 rings (SSSR count). The van der Waals surface area contributed by atoms with Gasteiger partial charge in [-0.05, 0) is 36.7 Å². The van der Waals surface area contributed by atoms with E-state index in [2.05, 4.69) is 21.7 Å². The van der Waals surface area contributed by atoms with E-state index in [-0.39, 0.29) is 12.5 Å². The molecule has 0 saturated heterocycles. The number of halogens is 1. The van der Waals surface area contributed by atoms with Crippen LogP contribution in [0.3, 0.4) is 0 Å². The summed E-state index contributed by atoms with van der Waals surface area (Å²) in [5.74, 6) is 0.437. The van der Waals surface area contributed by atoms with Gasteiger partial charge in [-0.25, -0.2) is 4.98 Å². The van der Waals surface area contributed by atoms with Crippen LogP contribution in [0.1, 0.15) is 5.69 Å². The standard InChI is InChI=1S/C18H18ClN3O2S2/c1-22(8-14-11-26-18(20-14)12-5-6-25-10-12)9-17(23)21-15-7-13(19)3-4-16(15)24-2/h3-7,10-11H,8-9H2,1-2H3,(H,21,23). The van der Waals surface area contributed by atoms with E-state index in [1.807, 2.05) is 22.7 Å². The van der Waals surface area contributed by atoms with Gasteiger partial charge < -0.3 is 10.1 Å². The van der Waals surface area contributed by atoms with Crippen molar-refractivity contribution in [3.63, 3.8) is 0 Å². The van der Waals surface area contributed by atoms with Gasteiger partial charge in [0.05, 0.1) is 25.0 Å². The lowest BCUT2D eigenvalue weighted by Crippen LogP contribution is -2.30. The number of amides is 1. The van der Waals surface area contributed by atoms with Gasteiger partial charge in [0.2, 0.25) is 5.91 Å². The topological polar surface area (TPSA) is 54.5 Å². The van der Waals surface area contributed by atoms with E-state index in [0.717, 1.165) is 16.3 Å². The van der Waals surface area contributed by atoms with E-state index in [4.69, 9.17) is 16.3 Å². The maximum Gasteiger partial charge on any atom is 0.238 e. The smallest absolute Gasteiger partial charge is 0.238 e. The van der Waals surface area contributed by atoms with Crippen LogP contribution in [0, 0.1) is 0 Å². The highest BCUT2D eigenvalue weighted by atomic mass is 35.5. The molecule has 2 heterocycles. The summed E-state index contributed by atoms with van der Waals surface area (Å²) in [4.78, 5) is 18.9. The number of rotatable bonds is 7. The van der Waals surface area contributed by atoms with E-state index in [1.54, 1.807) is 48.0 Å². The minimum absolute atomic E-state index is 0.138. The van der Waals surface area contributed by atoms with E-state index in [0.29, 0.717) is 23.0 Å². The molecule has 1 N–H and O–H groups in total. The van der Waals surface area contributed by atoms with Crippen LogP contribution < -0.4 is 10.1 Å². The van der Waals surface area contributed by atoms with Gasteiger partial charge in [-0.1, -0.05) is 11.6 Å². The Balaban J connectivity index is 1.57. The van der Waals surface area contributed by atoms with Crippen molar-refractivity contribution in [3.8, 4) is 16.3 Å². The minimum Gasteiger partial charge on any atom is -0.495 e. The van der Waals surface area contributed by atoms with Crippen LogP contribution in [-0.4, -0.2) is 36.5 Å². The van der Waals surface area contributed by atoms with Crippen LogP contribution in [-0.2, 0) is 11.3 Å². The highest BCUT2D eigenvalue weighted by molar-refractivity contribution is 7.14. The first kappa shape index (κ1) is 18.8. The summed E-state index contributed by atoms with van der Waals surface area (Å²) >= 11 is 9.26. The fourth-order valence-corrected chi connectivity index (χ4v) is 4.14. The molecule has 26 heavy (non-hydrogen) atoms. The molecule has 1 amide bonds. The molecule has 136 valence electrons. The van der Waals surface area contributed by atoms with Crippen LogP contribution in [0.25, 0.3) is 10.6 Å². The lowest BCUT2D eigenvalue weighted by Gasteiger charge is -2.16. The largest absolute Gasteiger partial charge is 0.495 e. The maximum atomic E-state index is 12.3. The summed E-state index contributed by atoms with van der Waals surface area (Å²) < 4.78 is 5.25. The van der Waals surface area contributed by atoms with Crippen molar-refractivity contribution in [2.24, 2.45) is 0 Å². The number of methoxy groups -OCH3 is 1. The van der Waals surface area contributed by atoms with Crippen LogP contribution >= 0.6 is 34.3 Å². The molecule has 0 aliphatic heterocycles. The van der Waals surface area contributed by atoms with Gasteiger partial charge in [-0.3, -0.25) is 9.69 Å². The Morgan fingerprint density at radius 3 is 2.92 bits per heavy atom. The average molecular weight is 408 g/mol. The van der Waals surface area contributed by atoms with Gasteiger partial charge in [-0.2, -0.15) is 11.3 Å². The zero-order chi connectivity index (χ0) is 18.5. The average Bonchev–Trinajstić information content (AvgIpc) is 3.26. The monoisotopic (exact) mass is 407 g/mol. The van der Waals surface area contributed by atoms with Gasteiger partial charge >= 0.3 is 0 Å². The van der Waals surface area contributed by atoms with Gasteiger partial charge in [-0.15, -0.1) is 11.3 Å². The van der Waals surface area contributed by atoms with Gasteiger partial charge in [0.1, 0.15) is 10.8 Å². The molecule has 2 aromatic heterocycles. The molecule has 0 bridgehead atoms. The van der Waals surface area contributed by atoms with Crippen molar-refractivity contribution in [2.45, 2.75) is 6.54 Å². The Kier molecular flexibility index (Phi) is 6.26. The number of aromatic nitrogens is 1. The van der Waals surface area contributed by atoms with Crippen molar-refractivity contribution in [3.05, 3.63) is 51.1 Å². The van der Waals surface area contributed by atoms with Crippen LogP contribution in [0.2, 0.25) is 5.02 Å². The lowest BCUT2D eigenvalue weighted by atomic mass is 10.3. The summed E-state index contributed by atoms with van der Waals surface area (Å²) in [5.41, 5.74) is 2.65. The molecule has 0 aliphatic carbocycles. The SMILES string of the molecule is COc1ccc(Cl)cc1NC(=O)CN(C)Cc1csc(-c2ccsc2)n1. The molecule has 1 aromatic carbocycles. The van der Waals surface area contributed by atoms with E-state index < -0.39 is 0 Å². The number of nitrogens with one attached hydrogen (secondary N) is 1. The third kappa shape index (κ3) is 4.82. The number of carbonyl (C=O) groups is 1. The van der Waals surface area contributed by atoms with E-state index in [9.17, 15) is 4.79 Å². The molecule has 0 saturated carbocycles. The molecule has 0 spiro atoms. The number of thiophene rings is 1. The highest BCUT2D eigenvalue weighted by Gasteiger charge is 2.13. The first-order valence-electron chi connectivity index (χ1n) is 7.84. The van der Waals surface area contributed by atoms with Crippen molar-refractivity contribution in [1.29, 1.82) is 0 Å². The second-order valence-electron chi connectivity index (χ2n) is 5.72. The molecule has 0 fully saturated rings. The maximum absolute atomic E-state index is 12.3. The molecule has 3 aromatic rings. The predicted molar refractivity (Wildman–Crippen MR) is 108 cm³/mol. The molecule has 5 nitrogen and oxygen atoms in total. The van der Waals surface area contributed by atoms with Crippen LogP contribution in [0.15, 0.2) is 40.4 Å². The van der Waals surface area contributed by atoms with Crippen molar-refractivity contribution >= 4 is 45.9 Å². The van der Waals surface area contributed by atoms with Crippen LogP contribution in [0.4, 0.5) is 5.69 Å². The Labute approximate surface area is 165 Å². The highest BCUT2D eigenvalue weighted by Crippen LogP contribution is 2.28. The molecule has 0 radical (unpaired) electrons. The number of thiazole rings is 1. The first-order valence-corrected chi connectivity index (χ1v) is 10.0. The summed E-state index contributed by atoms with van der Waals surface area (Å²) in [6.45, 7) is 0.835. The summed E-state index contributed by atoms with van der Waals surface area (Å²) in [7, 11) is 3.44. The zero-order valence-electron chi connectivity index (χ0n) is 14.4. The second kappa shape index (κ2) is 8.64. The van der Waals surface area contributed by atoms with Gasteiger partial charge in [0.15, 0.2) is 0 Å². The molecular weight excluding hydrogens is 390 g/mol. The van der Waals surface area contributed by atoms with E-state index >= 15 is 0 Å². The fourth-order valence-electron chi connectivity index (χ4n) is 2.44. The number of nitrogens with zero attached hydrogens (tertiary/aromatic N) is 2.